The molecule has 0 bridgehead atoms. The van der Waals surface area contributed by atoms with Gasteiger partial charge in [0.25, 0.3) is 5.91 Å². The van der Waals surface area contributed by atoms with Crippen LogP contribution in [0.4, 0.5) is 11.8 Å². The molecule has 2 atom stereocenters. The van der Waals surface area contributed by atoms with Gasteiger partial charge in [0.2, 0.25) is 5.95 Å². The molecule has 12 heteroatoms. The van der Waals surface area contributed by atoms with E-state index in [-0.39, 0.29) is 12.1 Å². The lowest BCUT2D eigenvalue weighted by atomic mass is 9.93. The molecule has 0 aromatic carbocycles. The second-order valence-corrected chi connectivity index (χ2v) is 10.5. The molecule has 2 unspecified atom stereocenters. The number of aromatic nitrogens is 5. The van der Waals surface area contributed by atoms with Crippen molar-refractivity contribution in [2.45, 2.75) is 63.4 Å². The fraction of sp³-hybridized carbons (Fsp3) is 0.500. The molecule has 0 radical (unpaired) electrons. The number of nitrogens with one attached hydrogen (secondary N) is 4. The molecule has 3 fully saturated rings. The van der Waals surface area contributed by atoms with Crippen molar-refractivity contribution < 1.29 is 9.53 Å². The van der Waals surface area contributed by atoms with Gasteiger partial charge in [-0.3, -0.25) is 10.2 Å². The summed E-state index contributed by atoms with van der Waals surface area (Å²) in [6.45, 7) is 5.17. The summed E-state index contributed by atoms with van der Waals surface area (Å²) in [6.07, 6.45) is 7.19. The zero-order chi connectivity index (χ0) is 26.3. The SMILES string of the molecule is COC1(C(=O)NCc2ccc(-n3ccc(C4CC4)n3)nc2)CN(c2nc(C)cc(NC3CC(C)NN3)n2)C1. The van der Waals surface area contributed by atoms with Crippen molar-refractivity contribution in [2.24, 2.45) is 0 Å². The average Bonchev–Trinajstić information content (AvgIpc) is 3.47. The molecular weight excluding hydrogens is 484 g/mol. The lowest BCUT2D eigenvalue weighted by Crippen LogP contribution is -2.70. The lowest BCUT2D eigenvalue weighted by Gasteiger charge is -2.47. The predicted octanol–water partition coefficient (Wildman–Crippen LogP) is 1.39. The fourth-order valence-corrected chi connectivity index (χ4v) is 4.90. The van der Waals surface area contributed by atoms with E-state index in [1.54, 1.807) is 18.0 Å². The number of anilines is 2. The summed E-state index contributed by atoms with van der Waals surface area (Å²) in [7, 11) is 1.57. The van der Waals surface area contributed by atoms with Crippen LogP contribution in [0.25, 0.3) is 5.82 Å². The second kappa shape index (κ2) is 9.93. The van der Waals surface area contributed by atoms with Gasteiger partial charge in [0.05, 0.1) is 24.9 Å². The van der Waals surface area contributed by atoms with E-state index in [9.17, 15) is 4.79 Å². The number of carbonyl (C=O) groups excluding carboxylic acids is 1. The number of hydrazine groups is 1. The third-order valence-corrected chi connectivity index (χ3v) is 7.34. The molecule has 4 N–H and O–H groups in total. The zero-order valence-electron chi connectivity index (χ0n) is 21.9. The van der Waals surface area contributed by atoms with Crippen molar-refractivity contribution in [3.8, 4) is 5.82 Å². The molecule has 3 aromatic heterocycles. The predicted molar refractivity (Wildman–Crippen MR) is 142 cm³/mol. The van der Waals surface area contributed by atoms with Crippen LogP contribution in [-0.4, -0.2) is 68.6 Å². The topological polar surface area (TPSA) is 134 Å². The maximum atomic E-state index is 13.1. The molecule has 2 aliphatic heterocycles. The fourth-order valence-electron chi connectivity index (χ4n) is 4.90. The third kappa shape index (κ3) is 5.06. The summed E-state index contributed by atoms with van der Waals surface area (Å²) in [5.41, 5.74) is 8.35. The number of pyridine rings is 1. The van der Waals surface area contributed by atoms with Gasteiger partial charge in [0, 0.05) is 49.8 Å². The molecular formula is C26H34N10O2. The first-order valence-corrected chi connectivity index (χ1v) is 13.1. The van der Waals surface area contributed by atoms with E-state index in [1.165, 1.54) is 12.8 Å². The lowest BCUT2D eigenvalue weighted by molar-refractivity contribution is -0.146. The number of aryl methyl sites for hydroxylation is 1. The number of hydrogen-bond donors (Lipinski definition) is 4. The Morgan fingerprint density at radius 1 is 1.21 bits per heavy atom. The van der Waals surface area contributed by atoms with Crippen LogP contribution in [0.1, 0.15) is 49.1 Å². The Kier molecular flexibility index (Phi) is 6.46. The Labute approximate surface area is 221 Å². The highest BCUT2D eigenvalue weighted by Crippen LogP contribution is 2.39. The Morgan fingerprint density at radius 2 is 2.05 bits per heavy atom. The molecule has 38 heavy (non-hydrogen) atoms. The van der Waals surface area contributed by atoms with Crippen molar-refractivity contribution in [1.82, 2.24) is 40.9 Å². The second-order valence-electron chi connectivity index (χ2n) is 10.5. The number of nitrogens with zero attached hydrogens (tertiary/aromatic N) is 6. The van der Waals surface area contributed by atoms with Crippen LogP contribution in [0.2, 0.25) is 0 Å². The molecule has 12 nitrogen and oxygen atoms in total. The van der Waals surface area contributed by atoms with Crippen molar-refractivity contribution >= 4 is 17.7 Å². The van der Waals surface area contributed by atoms with Gasteiger partial charge in [-0.15, -0.1) is 0 Å². The van der Waals surface area contributed by atoms with Gasteiger partial charge < -0.3 is 20.3 Å². The monoisotopic (exact) mass is 518 g/mol. The van der Waals surface area contributed by atoms with Gasteiger partial charge >= 0.3 is 0 Å². The first-order valence-electron chi connectivity index (χ1n) is 13.1. The van der Waals surface area contributed by atoms with E-state index in [0.29, 0.717) is 37.5 Å². The Hall–Kier alpha value is -3.61. The van der Waals surface area contributed by atoms with E-state index in [0.717, 1.165) is 35.0 Å². The van der Waals surface area contributed by atoms with Gasteiger partial charge in [-0.05, 0) is 50.8 Å². The number of rotatable bonds is 9. The van der Waals surface area contributed by atoms with Crippen molar-refractivity contribution in [3.63, 3.8) is 0 Å². The van der Waals surface area contributed by atoms with E-state index in [2.05, 4.69) is 54.5 Å². The van der Waals surface area contributed by atoms with Crippen LogP contribution in [0, 0.1) is 6.92 Å². The molecule has 3 aliphatic rings. The largest absolute Gasteiger partial charge is 0.365 e. The average molecular weight is 519 g/mol. The summed E-state index contributed by atoms with van der Waals surface area (Å²) in [5.74, 6) is 2.53. The number of amides is 1. The molecule has 0 spiro atoms. The summed E-state index contributed by atoms with van der Waals surface area (Å²) >= 11 is 0. The molecule has 6 rings (SSSR count). The Morgan fingerprint density at radius 3 is 2.74 bits per heavy atom. The minimum atomic E-state index is -0.950. The smallest absolute Gasteiger partial charge is 0.256 e. The van der Waals surface area contributed by atoms with Crippen LogP contribution in [0.15, 0.2) is 36.7 Å². The summed E-state index contributed by atoms with van der Waals surface area (Å²) in [6, 6.07) is 8.24. The highest BCUT2D eigenvalue weighted by atomic mass is 16.5. The maximum absolute atomic E-state index is 13.1. The van der Waals surface area contributed by atoms with Crippen molar-refractivity contribution in [3.05, 3.63) is 53.6 Å². The quantitative estimate of drug-likeness (QED) is 0.329. The van der Waals surface area contributed by atoms with E-state index in [1.807, 2.05) is 36.2 Å². The molecule has 3 aromatic rings. The molecule has 200 valence electrons. The van der Waals surface area contributed by atoms with Crippen LogP contribution in [0.5, 0.6) is 0 Å². The highest BCUT2D eigenvalue weighted by Gasteiger charge is 2.51. The molecule has 1 saturated carbocycles. The normalized spacial score (nSPS) is 22.2. The molecule has 1 aliphatic carbocycles. The van der Waals surface area contributed by atoms with E-state index < -0.39 is 5.60 Å². The highest BCUT2D eigenvalue weighted by molar-refractivity contribution is 5.88. The van der Waals surface area contributed by atoms with Crippen LogP contribution >= 0.6 is 0 Å². The van der Waals surface area contributed by atoms with Crippen LogP contribution < -0.4 is 26.4 Å². The van der Waals surface area contributed by atoms with Crippen LogP contribution in [0.3, 0.4) is 0 Å². The van der Waals surface area contributed by atoms with Gasteiger partial charge in [0.1, 0.15) is 5.82 Å². The molecule has 1 amide bonds. The summed E-state index contributed by atoms with van der Waals surface area (Å²) < 4.78 is 7.49. The Balaban J connectivity index is 1.04. The first kappa shape index (κ1) is 24.7. The zero-order valence-corrected chi connectivity index (χ0v) is 21.9. The van der Waals surface area contributed by atoms with Crippen LogP contribution in [-0.2, 0) is 16.1 Å². The number of methoxy groups -OCH3 is 1. The molecule has 2 saturated heterocycles. The molecule has 5 heterocycles. The standard InChI is InChI=1S/C26H34N10O2/c1-16-10-21(30-22-11-17(2)32-33-22)31-25(29-16)35-14-26(15-35,38-3)24(37)28-13-18-4-7-23(27-12-18)36-9-8-20(34-36)19-5-6-19/h4,7-10,12,17,19,22,32-33H,5-6,11,13-15H2,1-3H3,(H,28,37)(H,29,30,31). The Bertz CT molecular complexity index is 1300. The number of carbonyl (C=O) groups is 1. The van der Waals surface area contributed by atoms with Crippen molar-refractivity contribution in [1.29, 1.82) is 0 Å². The number of hydrogen-bond acceptors (Lipinski definition) is 10. The third-order valence-electron chi connectivity index (χ3n) is 7.34. The first-order chi connectivity index (χ1) is 18.4. The van der Waals surface area contributed by atoms with Gasteiger partial charge in [-0.25, -0.2) is 20.1 Å². The maximum Gasteiger partial charge on any atom is 0.256 e. The van der Waals surface area contributed by atoms with E-state index >= 15 is 0 Å². The van der Waals surface area contributed by atoms with Gasteiger partial charge in [-0.2, -0.15) is 10.1 Å². The van der Waals surface area contributed by atoms with Gasteiger partial charge in [0.15, 0.2) is 11.4 Å². The number of ether oxygens (including phenoxy) is 1. The van der Waals surface area contributed by atoms with Crippen molar-refractivity contribution in [2.75, 3.05) is 30.4 Å². The minimum absolute atomic E-state index is 0.0932. The summed E-state index contributed by atoms with van der Waals surface area (Å²) in [4.78, 5) is 28.9. The minimum Gasteiger partial charge on any atom is -0.365 e. The van der Waals surface area contributed by atoms with E-state index in [4.69, 9.17) is 4.74 Å². The van der Waals surface area contributed by atoms with Gasteiger partial charge in [-0.1, -0.05) is 6.07 Å². The summed E-state index contributed by atoms with van der Waals surface area (Å²) in [5, 5.41) is 11.0.